The summed E-state index contributed by atoms with van der Waals surface area (Å²) in [6, 6.07) is 4.50. The summed E-state index contributed by atoms with van der Waals surface area (Å²) in [5.41, 5.74) is 11.2. The fraction of sp³-hybridized carbons (Fsp3) is 0.400. The number of carbonyl (C=O) groups is 1. The van der Waals surface area contributed by atoms with E-state index in [9.17, 15) is 15.0 Å². The Morgan fingerprint density at radius 1 is 1.22 bits per heavy atom. The second-order valence-electron chi connectivity index (χ2n) is 5.79. The first-order chi connectivity index (χ1) is 10.9. The molecule has 3 rings (SSSR count). The average Bonchev–Trinajstić information content (AvgIpc) is 2.46. The van der Waals surface area contributed by atoms with Gasteiger partial charge >= 0.3 is 5.97 Å². The van der Waals surface area contributed by atoms with E-state index in [-0.39, 0.29) is 28.9 Å². The van der Waals surface area contributed by atoms with Crippen molar-refractivity contribution in [3.8, 4) is 5.75 Å². The van der Waals surface area contributed by atoms with Gasteiger partial charge in [0.15, 0.2) is 0 Å². The van der Waals surface area contributed by atoms with Gasteiger partial charge in [-0.2, -0.15) is 4.99 Å². The van der Waals surface area contributed by atoms with Crippen LogP contribution in [0.5, 0.6) is 5.75 Å². The lowest BCUT2D eigenvalue weighted by Gasteiger charge is -2.46. The molecule has 23 heavy (non-hydrogen) atoms. The van der Waals surface area contributed by atoms with Crippen LogP contribution in [0.15, 0.2) is 28.2 Å². The molecule has 1 fully saturated rings. The van der Waals surface area contributed by atoms with Gasteiger partial charge in [-0.1, -0.05) is 12.5 Å². The van der Waals surface area contributed by atoms with Crippen molar-refractivity contribution in [2.24, 2.45) is 21.5 Å². The third kappa shape index (κ3) is 2.45. The number of carboxylic acid groups (broad SMARTS) is 1. The largest absolute Gasteiger partial charge is 0.507 e. The summed E-state index contributed by atoms with van der Waals surface area (Å²) < 4.78 is 0. The van der Waals surface area contributed by atoms with E-state index in [0.717, 1.165) is 19.3 Å². The number of rotatable bonds is 2. The van der Waals surface area contributed by atoms with E-state index in [0.29, 0.717) is 12.8 Å². The molecule has 0 bridgehead atoms. The summed E-state index contributed by atoms with van der Waals surface area (Å²) in [6.45, 7) is 0. The molecule has 0 amide bonds. The number of carboxylic acids is 1. The molecule has 0 radical (unpaired) electrons. The molecular formula is C15H19N5O3. The third-order valence-corrected chi connectivity index (χ3v) is 4.33. The summed E-state index contributed by atoms with van der Waals surface area (Å²) in [4.78, 5) is 21.7. The Labute approximate surface area is 133 Å². The molecule has 1 aromatic rings. The van der Waals surface area contributed by atoms with Crippen LogP contribution in [0.1, 0.15) is 42.5 Å². The number of anilines is 1. The molecule has 1 aliphatic heterocycles. The van der Waals surface area contributed by atoms with Gasteiger partial charge in [-0.3, -0.25) is 4.90 Å². The summed E-state index contributed by atoms with van der Waals surface area (Å²) >= 11 is 0. The number of aromatic hydroxyl groups is 1. The van der Waals surface area contributed by atoms with Gasteiger partial charge in [-0.25, -0.2) is 9.79 Å². The Balaban J connectivity index is 2.19. The molecule has 1 spiro atoms. The molecule has 0 aromatic heterocycles. The molecule has 0 saturated heterocycles. The molecule has 8 heteroatoms. The van der Waals surface area contributed by atoms with Crippen LogP contribution in [-0.2, 0) is 0 Å². The summed E-state index contributed by atoms with van der Waals surface area (Å²) in [7, 11) is 0. The summed E-state index contributed by atoms with van der Waals surface area (Å²) in [6.07, 6.45) is 4.33. The highest BCUT2D eigenvalue weighted by atomic mass is 16.4. The van der Waals surface area contributed by atoms with Gasteiger partial charge in [0.2, 0.25) is 11.9 Å². The minimum Gasteiger partial charge on any atom is -0.507 e. The Morgan fingerprint density at radius 2 is 1.91 bits per heavy atom. The van der Waals surface area contributed by atoms with Crippen LogP contribution in [0.4, 0.5) is 5.69 Å². The standard InChI is InChI=1S/C15H19N5O3/c16-13-18-14(17)20(15(19-13)7-2-1-3-8-15)9-5-4-6-10(21)11(9)12(22)23/h4-6,21H,1-3,7-8H2,(H,22,23)(H4,16,17,18,19). The predicted octanol–water partition coefficient (Wildman–Crippen LogP) is 1.20. The lowest BCUT2D eigenvalue weighted by molar-refractivity contribution is 0.0694. The Hall–Kier alpha value is -2.77. The highest BCUT2D eigenvalue weighted by Gasteiger charge is 2.44. The zero-order valence-corrected chi connectivity index (χ0v) is 12.6. The van der Waals surface area contributed by atoms with Crippen LogP contribution in [-0.4, -0.2) is 33.8 Å². The minimum atomic E-state index is -1.24. The lowest BCUT2D eigenvalue weighted by Crippen LogP contribution is -2.58. The van der Waals surface area contributed by atoms with E-state index in [1.807, 2.05) is 0 Å². The Bertz CT molecular complexity index is 707. The molecule has 0 atom stereocenters. The van der Waals surface area contributed by atoms with Gasteiger partial charge in [0.1, 0.15) is 17.0 Å². The first kappa shape index (κ1) is 15.1. The average molecular weight is 317 g/mol. The molecule has 2 aliphatic rings. The number of guanidine groups is 2. The van der Waals surface area contributed by atoms with Crippen molar-refractivity contribution < 1.29 is 15.0 Å². The predicted molar refractivity (Wildman–Crippen MR) is 86.6 cm³/mol. The van der Waals surface area contributed by atoms with E-state index < -0.39 is 11.6 Å². The highest BCUT2D eigenvalue weighted by Crippen LogP contribution is 2.41. The maximum absolute atomic E-state index is 11.6. The third-order valence-electron chi connectivity index (χ3n) is 4.33. The van der Waals surface area contributed by atoms with Gasteiger partial charge in [-0.05, 0) is 37.8 Å². The smallest absolute Gasteiger partial charge is 0.341 e. The number of benzene rings is 1. The van der Waals surface area contributed by atoms with E-state index in [4.69, 9.17) is 11.5 Å². The van der Waals surface area contributed by atoms with Crippen LogP contribution in [0.3, 0.4) is 0 Å². The van der Waals surface area contributed by atoms with Crippen molar-refractivity contribution in [2.45, 2.75) is 37.8 Å². The topological polar surface area (TPSA) is 138 Å². The minimum absolute atomic E-state index is 0.0903. The van der Waals surface area contributed by atoms with Crippen LogP contribution in [0.2, 0.25) is 0 Å². The Morgan fingerprint density at radius 3 is 2.57 bits per heavy atom. The maximum Gasteiger partial charge on any atom is 0.341 e. The maximum atomic E-state index is 11.6. The highest BCUT2D eigenvalue weighted by molar-refractivity contribution is 6.09. The lowest BCUT2D eigenvalue weighted by atomic mass is 9.87. The van der Waals surface area contributed by atoms with E-state index in [2.05, 4.69) is 9.98 Å². The van der Waals surface area contributed by atoms with Crippen molar-refractivity contribution in [1.82, 2.24) is 0 Å². The second-order valence-corrected chi connectivity index (χ2v) is 5.79. The van der Waals surface area contributed by atoms with E-state index >= 15 is 0 Å². The first-order valence-electron chi connectivity index (χ1n) is 7.50. The fourth-order valence-electron chi connectivity index (χ4n) is 3.40. The van der Waals surface area contributed by atoms with Crippen LogP contribution >= 0.6 is 0 Å². The van der Waals surface area contributed by atoms with E-state index in [1.54, 1.807) is 17.0 Å². The Kier molecular flexibility index (Phi) is 3.59. The number of aliphatic imine (C=N–C) groups is 2. The molecule has 1 saturated carbocycles. The number of hydrogen-bond acceptors (Lipinski definition) is 7. The molecule has 1 heterocycles. The molecule has 6 N–H and O–H groups in total. The van der Waals surface area contributed by atoms with Crippen LogP contribution in [0, 0.1) is 0 Å². The first-order valence-corrected chi connectivity index (χ1v) is 7.50. The molecule has 1 aromatic carbocycles. The number of nitrogens with zero attached hydrogens (tertiary/aromatic N) is 3. The van der Waals surface area contributed by atoms with Crippen molar-refractivity contribution in [1.29, 1.82) is 0 Å². The number of aromatic carboxylic acids is 1. The monoisotopic (exact) mass is 317 g/mol. The van der Waals surface area contributed by atoms with Crippen LogP contribution < -0.4 is 16.4 Å². The van der Waals surface area contributed by atoms with Crippen LogP contribution in [0.25, 0.3) is 0 Å². The summed E-state index contributed by atoms with van der Waals surface area (Å²) in [5.74, 6) is -1.37. The van der Waals surface area contributed by atoms with Crippen molar-refractivity contribution in [2.75, 3.05) is 4.90 Å². The molecule has 8 nitrogen and oxygen atoms in total. The number of nitrogens with two attached hydrogens (primary N) is 2. The normalized spacial score (nSPS) is 20.1. The number of hydrogen-bond donors (Lipinski definition) is 4. The SMILES string of the molecule is NC1=NC2(CCCCC2)N(c2cccc(O)c2C(=O)O)C(N)=N1. The second kappa shape index (κ2) is 5.45. The molecule has 122 valence electrons. The van der Waals surface area contributed by atoms with Gasteiger partial charge in [0.25, 0.3) is 0 Å². The zero-order valence-electron chi connectivity index (χ0n) is 12.6. The molecule has 0 unspecified atom stereocenters. The fourth-order valence-corrected chi connectivity index (χ4v) is 3.40. The van der Waals surface area contributed by atoms with Gasteiger partial charge in [0, 0.05) is 0 Å². The van der Waals surface area contributed by atoms with Crippen molar-refractivity contribution in [3.63, 3.8) is 0 Å². The number of phenols is 1. The quantitative estimate of drug-likeness (QED) is 0.646. The van der Waals surface area contributed by atoms with Gasteiger partial charge in [-0.15, -0.1) is 0 Å². The molecule has 1 aliphatic carbocycles. The summed E-state index contributed by atoms with van der Waals surface area (Å²) in [5, 5.41) is 19.4. The molecular weight excluding hydrogens is 298 g/mol. The van der Waals surface area contributed by atoms with Crippen molar-refractivity contribution >= 4 is 23.6 Å². The van der Waals surface area contributed by atoms with Gasteiger partial charge < -0.3 is 21.7 Å². The zero-order chi connectivity index (χ0) is 16.6. The van der Waals surface area contributed by atoms with E-state index in [1.165, 1.54) is 6.07 Å². The van der Waals surface area contributed by atoms with Gasteiger partial charge in [0.05, 0.1) is 5.69 Å². The van der Waals surface area contributed by atoms with Crippen molar-refractivity contribution in [3.05, 3.63) is 23.8 Å².